The van der Waals surface area contributed by atoms with Crippen LogP contribution in [0, 0.1) is 6.92 Å². The third kappa shape index (κ3) is 4.49. The van der Waals surface area contributed by atoms with Crippen molar-refractivity contribution in [1.82, 2.24) is 4.90 Å². The van der Waals surface area contributed by atoms with Crippen LogP contribution in [0.5, 0.6) is 0 Å². The molecule has 1 aromatic heterocycles. The Morgan fingerprint density at radius 1 is 1.33 bits per heavy atom. The molecular formula is C12H22N2O. The van der Waals surface area contributed by atoms with E-state index >= 15 is 0 Å². The fourth-order valence-corrected chi connectivity index (χ4v) is 1.65. The zero-order chi connectivity index (χ0) is 11.1. The average molecular weight is 210 g/mol. The summed E-state index contributed by atoms with van der Waals surface area (Å²) in [6.07, 6.45) is 5.35. The fourth-order valence-electron chi connectivity index (χ4n) is 1.65. The Balaban J connectivity index is 2.18. The van der Waals surface area contributed by atoms with Crippen molar-refractivity contribution in [3.63, 3.8) is 0 Å². The lowest BCUT2D eigenvalue weighted by atomic mass is 10.2. The van der Waals surface area contributed by atoms with Crippen LogP contribution in [0.15, 0.2) is 16.7 Å². The van der Waals surface area contributed by atoms with Crippen LogP contribution in [0.2, 0.25) is 0 Å². The molecule has 1 heterocycles. The van der Waals surface area contributed by atoms with Crippen LogP contribution >= 0.6 is 0 Å². The van der Waals surface area contributed by atoms with Gasteiger partial charge in [0.2, 0.25) is 0 Å². The van der Waals surface area contributed by atoms with Gasteiger partial charge in [-0.05, 0) is 46.0 Å². The van der Waals surface area contributed by atoms with E-state index in [1.54, 1.807) is 6.26 Å². The molecule has 0 amide bonds. The standard InChI is InChI=1S/C12H22N2O/c1-11-12(6-9-15-11)10-14(2)8-5-3-4-7-13/h6,9H,3-5,7-8,10,13H2,1-2H3. The predicted molar refractivity (Wildman–Crippen MR) is 62.7 cm³/mol. The van der Waals surface area contributed by atoms with Crippen molar-refractivity contribution >= 4 is 0 Å². The molecule has 1 aromatic rings. The monoisotopic (exact) mass is 210 g/mol. The van der Waals surface area contributed by atoms with E-state index in [1.807, 2.05) is 13.0 Å². The second kappa shape index (κ2) is 6.64. The van der Waals surface area contributed by atoms with E-state index in [4.69, 9.17) is 10.2 Å². The molecule has 0 aliphatic heterocycles. The molecule has 0 spiro atoms. The van der Waals surface area contributed by atoms with Gasteiger partial charge in [0.15, 0.2) is 0 Å². The number of hydrogen-bond donors (Lipinski definition) is 1. The van der Waals surface area contributed by atoms with Gasteiger partial charge in [-0.1, -0.05) is 6.42 Å². The van der Waals surface area contributed by atoms with E-state index in [-0.39, 0.29) is 0 Å². The number of aryl methyl sites for hydroxylation is 1. The molecule has 86 valence electrons. The van der Waals surface area contributed by atoms with Gasteiger partial charge in [-0.15, -0.1) is 0 Å². The van der Waals surface area contributed by atoms with E-state index < -0.39 is 0 Å². The zero-order valence-corrected chi connectivity index (χ0v) is 9.83. The number of hydrogen-bond acceptors (Lipinski definition) is 3. The first kappa shape index (κ1) is 12.3. The van der Waals surface area contributed by atoms with Crippen molar-refractivity contribution < 1.29 is 4.42 Å². The highest BCUT2D eigenvalue weighted by Crippen LogP contribution is 2.11. The molecule has 1 rings (SSSR count). The minimum Gasteiger partial charge on any atom is -0.469 e. The summed E-state index contributed by atoms with van der Waals surface area (Å²) in [5.41, 5.74) is 6.74. The summed E-state index contributed by atoms with van der Waals surface area (Å²) in [7, 11) is 2.15. The summed E-state index contributed by atoms with van der Waals surface area (Å²) in [6, 6.07) is 2.05. The van der Waals surface area contributed by atoms with Crippen LogP contribution in [0.4, 0.5) is 0 Å². The molecule has 15 heavy (non-hydrogen) atoms. The van der Waals surface area contributed by atoms with Gasteiger partial charge in [0.1, 0.15) is 5.76 Å². The minimum absolute atomic E-state index is 0.810. The van der Waals surface area contributed by atoms with E-state index in [9.17, 15) is 0 Å². The van der Waals surface area contributed by atoms with E-state index in [2.05, 4.69) is 11.9 Å². The van der Waals surface area contributed by atoms with E-state index in [1.165, 1.54) is 18.4 Å². The van der Waals surface area contributed by atoms with Gasteiger partial charge in [-0.3, -0.25) is 0 Å². The van der Waals surface area contributed by atoms with Crippen LogP contribution in [-0.2, 0) is 6.54 Å². The van der Waals surface area contributed by atoms with Gasteiger partial charge in [-0.25, -0.2) is 0 Å². The quantitative estimate of drug-likeness (QED) is 0.701. The van der Waals surface area contributed by atoms with Crippen LogP contribution < -0.4 is 5.73 Å². The third-order valence-corrected chi connectivity index (χ3v) is 2.65. The smallest absolute Gasteiger partial charge is 0.105 e. The molecule has 0 saturated heterocycles. The molecule has 0 aliphatic rings. The molecule has 3 nitrogen and oxygen atoms in total. The first-order chi connectivity index (χ1) is 7.24. The summed E-state index contributed by atoms with van der Waals surface area (Å²) in [5, 5.41) is 0. The molecule has 0 aliphatic carbocycles. The van der Waals surface area contributed by atoms with Crippen LogP contribution in [0.3, 0.4) is 0 Å². The highest BCUT2D eigenvalue weighted by molar-refractivity contribution is 5.14. The molecule has 0 atom stereocenters. The second-order valence-electron chi connectivity index (χ2n) is 4.09. The molecule has 0 saturated carbocycles. The van der Waals surface area contributed by atoms with Crippen LogP contribution in [0.1, 0.15) is 30.6 Å². The normalized spacial score (nSPS) is 11.2. The summed E-state index contributed by atoms with van der Waals surface area (Å²) in [5.74, 6) is 1.03. The molecule has 0 bridgehead atoms. The molecule has 2 N–H and O–H groups in total. The summed E-state index contributed by atoms with van der Waals surface area (Å²) in [4.78, 5) is 2.33. The average Bonchev–Trinajstić information content (AvgIpc) is 2.59. The van der Waals surface area contributed by atoms with Crippen molar-refractivity contribution in [1.29, 1.82) is 0 Å². The largest absolute Gasteiger partial charge is 0.469 e. The molecule has 0 aromatic carbocycles. The number of nitrogens with zero attached hydrogens (tertiary/aromatic N) is 1. The molecule has 0 fully saturated rings. The Morgan fingerprint density at radius 2 is 2.13 bits per heavy atom. The Labute approximate surface area is 92.2 Å². The van der Waals surface area contributed by atoms with Gasteiger partial charge in [-0.2, -0.15) is 0 Å². The third-order valence-electron chi connectivity index (χ3n) is 2.65. The van der Waals surface area contributed by atoms with E-state index in [0.29, 0.717) is 0 Å². The lowest BCUT2D eigenvalue weighted by molar-refractivity contribution is 0.315. The maximum atomic E-state index is 5.45. The van der Waals surface area contributed by atoms with Crippen molar-refractivity contribution in [3.05, 3.63) is 23.7 Å². The molecule has 0 unspecified atom stereocenters. The Kier molecular flexibility index (Phi) is 5.43. The van der Waals surface area contributed by atoms with Gasteiger partial charge < -0.3 is 15.1 Å². The zero-order valence-electron chi connectivity index (χ0n) is 9.83. The highest BCUT2D eigenvalue weighted by atomic mass is 16.3. The van der Waals surface area contributed by atoms with Crippen molar-refractivity contribution in [2.75, 3.05) is 20.1 Å². The van der Waals surface area contributed by atoms with Crippen LogP contribution in [-0.4, -0.2) is 25.0 Å². The topological polar surface area (TPSA) is 42.4 Å². The van der Waals surface area contributed by atoms with Crippen molar-refractivity contribution in [3.8, 4) is 0 Å². The lowest BCUT2D eigenvalue weighted by Crippen LogP contribution is -2.19. The summed E-state index contributed by atoms with van der Waals surface area (Å²) < 4.78 is 5.27. The molecule has 3 heteroatoms. The summed E-state index contributed by atoms with van der Waals surface area (Å²) >= 11 is 0. The molecule has 0 radical (unpaired) electrons. The Hall–Kier alpha value is -0.800. The van der Waals surface area contributed by atoms with Crippen molar-refractivity contribution in [2.24, 2.45) is 5.73 Å². The lowest BCUT2D eigenvalue weighted by Gasteiger charge is -2.15. The van der Waals surface area contributed by atoms with Gasteiger partial charge in [0.05, 0.1) is 6.26 Å². The number of nitrogens with two attached hydrogens (primary N) is 1. The first-order valence-corrected chi connectivity index (χ1v) is 5.65. The Morgan fingerprint density at radius 3 is 2.73 bits per heavy atom. The fraction of sp³-hybridized carbons (Fsp3) is 0.667. The van der Waals surface area contributed by atoms with Gasteiger partial charge >= 0.3 is 0 Å². The SMILES string of the molecule is Cc1occc1CN(C)CCCCCN. The van der Waals surface area contributed by atoms with Crippen molar-refractivity contribution in [2.45, 2.75) is 32.7 Å². The maximum Gasteiger partial charge on any atom is 0.105 e. The van der Waals surface area contributed by atoms with Gasteiger partial charge in [0, 0.05) is 12.1 Å². The number of furan rings is 1. The summed E-state index contributed by atoms with van der Waals surface area (Å²) in [6.45, 7) is 4.93. The highest BCUT2D eigenvalue weighted by Gasteiger charge is 2.04. The van der Waals surface area contributed by atoms with Crippen LogP contribution in [0.25, 0.3) is 0 Å². The second-order valence-corrected chi connectivity index (χ2v) is 4.09. The Bertz CT molecular complexity index is 270. The van der Waals surface area contributed by atoms with E-state index in [0.717, 1.165) is 31.8 Å². The first-order valence-electron chi connectivity index (χ1n) is 5.65. The van der Waals surface area contributed by atoms with Gasteiger partial charge in [0.25, 0.3) is 0 Å². The molecular weight excluding hydrogens is 188 g/mol. The number of rotatable bonds is 7. The predicted octanol–water partition coefficient (Wildman–Crippen LogP) is 2.15. The minimum atomic E-state index is 0.810. The number of unbranched alkanes of at least 4 members (excludes halogenated alkanes) is 2. The maximum absolute atomic E-state index is 5.45.